The number of halogens is 2. The van der Waals surface area contributed by atoms with Gasteiger partial charge in [-0.15, -0.1) is 0 Å². The van der Waals surface area contributed by atoms with Gasteiger partial charge in [-0.3, -0.25) is 4.79 Å². The van der Waals surface area contributed by atoms with Crippen LogP contribution in [0.25, 0.3) is 10.8 Å². The Morgan fingerprint density at radius 3 is 2.80 bits per heavy atom. The topological polar surface area (TPSA) is 42.1 Å². The van der Waals surface area contributed by atoms with Gasteiger partial charge in [0.15, 0.2) is 0 Å². The lowest BCUT2D eigenvalue weighted by atomic mass is 10.2. The van der Waals surface area contributed by atoms with Crippen LogP contribution in [0.2, 0.25) is 0 Å². The van der Waals surface area contributed by atoms with Crippen LogP contribution in [0.1, 0.15) is 0 Å². The van der Waals surface area contributed by atoms with Gasteiger partial charge in [0.05, 0.1) is 0 Å². The number of hydrogen-bond acceptors (Lipinski definition) is 2. The predicted molar refractivity (Wildman–Crippen MR) is 51.2 cm³/mol. The third-order valence-corrected chi connectivity index (χ3v) is 1.97. The van der Waals surface area contributed by atoms with E-state index < -0.39 is 6.61 Å². The van der Waals surface area contributed by atoms with Gasteiger partial charge < -0.3 is 9.72 Å². The highest BCUT2D eigenvalue weighted by Gasteiger charge is 2.05. The first-order chi connectivity index (χ1) is 7.16. The molecule has 0 aliphatic rings. The number of aromatic nitrogens is 1. The van der Waals surface area contributed by atoms with Crippen molar-refractivity contribution in [3.63, 3.8) is 0 Å². The molecule has 0 radical (unpaired) electrons. The number of pyridine rings is 1. The number of rotatable bonds is 2. The molecule has 0 aliphatic carbocycles. The van der Waals surface area contributed by atoms with Crippen molar-refractivity contribution < 1.29 is 13.5 Å². The van der Waals surface area contributed by atoms with E-state index in [9.17, 15) is 13.6 Å². The van der Waals surface area contributed by atoms with Crippen molar-refractivity contribution in [1.82, 2.24) is 4.98 Å². The van der Waals surface area contributed by atoms with Crippen molar-refractivity contribution >= 4 is 10.8 Å². The summed E-state index contributed by atoms with van der Waals surface area (Å²) < 4.78 is 28.0. The molecule has 0 unspecified atom stereocenters. The van der Waals surface area contributed by atoms with E-state index in [4.69, 9.17) is 0 Å². The molecule has 3 nitrogen and oxygen atoms in total. The average molecular weight is 211 g/mol. The number of alkyl halides is 2. The molecule has 0 atom stereocenters. The number of benzene rings is 1. The van der Waals surface area contributed by atoms with Crippen molar-refractivity contribution in [2.45, 2.75) is 6.61 Å². The van der Waals surface area contributed by atoms with E-state index >= 15 is 0 Å². The highest BCUT2D eigenvalue weighted by atomic mass is 19.3. The zero-order chi connectivity index (χ0) is 10.8. The maximum Gasteiger partial charge on any atom is 0.387 e. The molecule has 1 aromatic heterocycles. The lowest BCUT2D eigenvalue weighted by Crippen LogP contribution is -2.05. The van der Waals surface area contributed by atoms with Gasteiger partial charge in [-0.25, -0.2) is 0 Å². The van der Waals surface area contributed by atoms with Gasteiger partial charge in [0.1, 0.15) is 5.75 Å². The summed E-state index contributed by atoms with van der Waals surface area (Å²) in [6, 6.07) is 5.81. The highest BCUT2D eigenvalue weighted by Crippen LogP contribution is 2.19. The molecular weight excluding hydrogens is 204 g/mol. The molecule has 0 spiro atoms. The van der Waals surface area contributed by atoms with E-state index in [0.29, 0.717) is 10.8 Å². The second-order valence-electron chi connectivity index (χ2n) is 2.93. The van der Waals surface area contributed by atoms with Gasteiger partial charge in [0.25, 0.3) is 5.56 Å². The summed E-state index contributed by atoms with van der Waals surface area (Å²) in [7, 11) is 0. The van der Waals surface area contributed by atoms with Crippen molar-refractivity contribution in [2.75, 3.05) is 0 Å². The highest BCUT2D eigenvalue weighted by molar-refractivity contribution is 5.82. The second kappa shape index (κ2) is 3.68. The number of ether oxygens (including phenoxy) is 1. The zero-order valence-corrected chi connectivity index (χ0v) is 7.54. The maximum atomic E-state index is 11.9. The molecule has 0 bridgehead atoms. The fraction of sp³-hybridized carbons (Fsp3) is 0.100. The fourth-order valence-corrected chi connectivity index (χ4v) is 1.35. The third kappa shape index (κ3) is 1.96. The Labute approximate surface area is 83.3 Å². The quantitative estimate of drug-likeness (QED) is 0.826. The Balaban J connectivity index is 2.52. The summed E-state index contributed by atoms with van der Waals surface area (Å²) >= 11 is 0. The van der Waals surface area contributed by atoms with Crippen molar-refractivity contribution in [3.8, 4) is 5.75 Å². The summed E-state index contributed by atoms with van der Waals surface area (Å²) in [5, 5.41) is 1.01. The molecule has 1 aromatic carbocycles. The molecule has 1 heterocycles. The summed E-state index contributed by atoms with van der Waals surface area (Å²) in [5.41, 5.74) is -0.254. The molecule has 0 saturated carbocycles. The zero-order valence-electron chi connectivity index (χ0n) is 7.54. The molecule has 1 N–H and O–H groups in total. The van der Waals surface area contributed by atoms with Crippen LogP contribution in [0, 0.1) is 0 Å². The molecule has 0 amide bonds. The van der Waals surface area contributed by atoms with Gasteiger partial charge in [-0.1, -0.05) is 0 Å². The lowest BCUT2D eigenvalue weighted by Gasteiger charge is -2.04. The van der Waals surface area contributed by atoms with E-state index in [2.05, 4.69) is 9.72 Å². The fourth-order valence-electron chi connectivity index (χ4n) is 1.35. The van der Waals surface area contributed by atoms with Gasteiger partial charge in [-0.2, -0.15) is 8.78 Å². The Morgan fingerprint density at radius 2 is 2.07 bits per heavy atom. The minimum absolute atomic E-state index is 0.0445. The van der Waals surface area contributed by atoms with E-state index in [-0.39, 0.29) is 11.3 Å². The molecule has 78 valence electrons. The SMILES string of the molecule is O=c1[nH]ccc2cc(OC(F)F)ccc12. The smallest absolute Gasteiger partial charge is 0.387 e. The first kappa shape index (κ1) is 9.64. The van der Waals surface area contributed by atoms with E-state index in [1.54, 1.807) is 6.07 Å². The van der Waals surface area contributed by atoms with Gasteiger partial charge >= 0.3 is 6.61 Å². The normalized spacial score (nSPS) is 10.9. The minimum Gasteiger partial charge on any atom is -0.435 e. The lowest BCUT2D eigenvalue weighted by molar-refractivity contribution is -0.0497. The molecule has 2 rings (SSSR count). The number of aromatic amines is 1. The number of hydrogen-bond donors (Lipinski definition) is 1. The Morgan fingerprint density at radius 1 is 1.27 bits per heavy atom. The van der Waals surface area contributed by atoms with Gasteiger partial charge in [0, 0.05) is 11.6 Å². The first-order valence-corrected chi connectivity index (χ1v) is 4.23. The first-order valence-electron chi connectivity index (χ1n) is 4.23. The molecule has 15 heavy (non-hydrogen) atoms. The molecule has 5 heteroatoms. The van der Waals surface area contributed by atoms with E-state index in [1.807, 2.05) is 0 Å². The molecule has 2 aromatic rings. The number of H-pyrrole nitrogens is 1. The van der Waals surface area contributed by atoms with Crippen LogP contribution in [0.5, 0.6) is 5.75 Å². The second-order valence-corrected chi connectivity index (χ2v) is 2.93. The van der Waals surface area contributed by atoms with Crippen LogP contribution in [-0.4, -0.2) is 11.6 Å². The Kier molecular flexibility index (Phi) is 2.37. The summed E-state index contributed by atoms with van der Waals surface area (Å²) in [5.74, 6) is 0.0445. The van der Waals surface area contributed by atoms with Gasteiger partial charge in [0.2, 0.25) is 0 Å². The Hall–Kier alpha value is -1.91. The predicted octanol–water partition coefficient (Wildman–Crippen LogP) is 2.13. The van der Waals surface area contributed by atoms with Crippen molar-refractivity contribution in [1.29, 1.82) is 0 Å². The maximum absolute atomic E-state index is 11.9. The van der Waals surface area contributed by atoms with Crippen LogP contribution in [0.15, 0.2) is 35.3 Å². The largest absolute Gasteiger partial charge is 0.435 e. The van der Waals surface area contributed by atoms with Gasteiger partial charge in [-0.05, 0) is 29.7 Å². The monoisotopic (exact) mass is 211 g/mol. The van der Waals surface area contributed by atoms with E-state index in [1.165, 1.54) is 24.4 Å². The van der Waals surface area contributed by atoms with E-state index in [0.717, 1.165) is 0 Å². The van der Waals surface area contributed by atoms with Crippen molar-refractivity contribution in [2.24, 2.45) is 0 Å². The standard InChI is InChI=1S/C10H7F2NO2/c11-10(12)15-7-1-2-8-6(5-7)3-4-13-9(8)14/h1-5,10H,(H,13,14). The Bertz CT molecular complexity index is 536. The average Bonchev–Trinajstić information content (AvgIpc) is 2.17. The number of fused-ring (bicyclic) bond motifs is 1. The summed E-state index contributed by atoms with van der Waals surface area (Å²) in [6.07, 6.45) is 1.46. The van der Waals surface area contributed by atoms with Crippen LogP contribution in [-0.2, 0) is 0 Å². The third-order valence-electron chi connectivity index (χ3n) is 1.97. The molecular formula is C10H7F2NO2. The van der Waals surface area contributed by atoms with Crippen LogP contribution in [0.3, 0.4) is 0 Å². The molecule has 0 fully saturated rings. The summed E-state index contributed by atoms with van der Waals surface area (Å²) in [4.78, 5) is 13.8. The minimum atomic E-state index is -2.86. The van der Waals surface area contributed by atoms with Crippen LogP contribution < -0.4 is 10.3 Å². The molecule has 0 aliphatic heterocycles. The van der Waals surface area contributed by atoms with Crippen molar-refractivity contribution in [3.05, 3.63) is 40.8 Å². The molecule has 0 saturated heterocycles. The van der Waals surface area contributed by atoms with Crippen LogP contribution >= 0.6 is 0 Å². The number of nitrogens with one attached hydrogen (secondary N) is 1. The summed E-state index contributed by atoms with van der Waals surface area (Å²) in [6.45, 7) is -2.86. The van der Waals surface area contributed by atoms with Crippen LogP contribution in [0.4, 0.5) is 8.78 Å².